The first-order valence-electron chi connectivity index (χ1n) is 23.1. The Morgan fingerprint density at radius 3 is 1.29 bits per heavy atom. The highest BCUT2D eigenvalue weighted by Gasteiger charge is 2.23. The van der Waals surface area contributed by atoms with Gasteiger partial charge in [-0.3, -0.25) is 14.4 Å². The van der Waals surface area contributed by atoms with Crippen molar-refractivity contribution in [3.05, 3.63) is 65.2 Å². The van der Waals surface area contributed by atoms with Gasteiger partial charge in [0.15, 0.2) is 5.78 Å². The van der Waals surface area contributed by atoms with Crippen molar-refractivity contribution >= 4 is 40.6 Å². The number of Topliss-reactive ketones (excluding diaryl/α,β-unsaturated/α-hetero) is 5. The van der Waals surface area contributed by atoms with Crippen LogP contribution < -0.4 is 34.0 Å². The van der Waals surface area contributed by atoms with Crippen molar-refractivity contribution in [2.24, 2.45) is 52.5 Å². The standard InChI is InChI=1S/C9H17NO.C9H11NO.C9H17NO.2C8H15NO.C7H7NO2/c2*1-7(11)9-4-2-8(6-10)3-5-9;1-7(11)6-8-2-4-9(10)5-3-8;1-7(10)6-8-2-4-9-5-3-8;1-6(10)7-2-4-8(9)5-3-7;8-6-3-1-5(2-4-6)7(9)10/h8-9H,2-6,10H2,1H3;2-5H,6,10H2,1H3;8-9H,2-6,10H2,1H3;8-9H,2-6H2,1H3;7-8H,2-5,9H2,1H3;1-4H,8H2,(H,9,10). The molecule has 0 amide bonds. The Kier molecular flexibility index (Phi) is 29.3. The van der Waals surface area contributed by atoms with Gasteiger partial charge in [-0.25, -0.2) is 4.79 Å². The Balaban J connectivity index is 0.000000378. The number of hydrogen-bond acceptors (Lipinski definition) is 12. The van der Waals surface area contributed by atoms with E-state index >= 15 is 0 Å². The summed E-state index contributed by atoms with van der Waals surface area (Å²) in [4.78, 5) is 64.4. The number of anilines is 1. The highest BCUT2D eigenvalue weighted by Crippen LogP contribution is 2.28. The quantitative estimate of drug-likeness (QED) is 0.0921. The lowest BCUT2D eigenvalue weighted by atomic mass is 9.80. The van der Waals surface area contributed by atoms with Crippen LogP contribution in [0.5, 0.6) is 0 Å². The number of nitrogen functional groups attached to an aromatic ring is 1. The minimum absolute atomic E-state index is 0.0913. The molecule has 2 aromatic rings. The van der Waals surface area contributed by atoms with Gasteiger partial charge in [-0.1, -0.05) is 24.3 Å². The smallest absolute Gasteiger partial charge is 0.335 e. The molecule has 12 N–H and O–H groups in total. The Labute approximate surface area is 377 Å². The lowest BCUT2D eigenvalue weighted by molar-refractivity contribution is -0.122. The van der Waals surface area contributed by atoms with Crippen LogP contribution in [0.25, 0.3) is 0 Å². The molecule has 4 aliphatic rings. The van der Waals surface area contributed by atoms with E-state index in [4.69, 9.17) is 33.8 Å². The summed E-state index contributed by atoms with van der Waals surface area (Å²) in [6.45, 7) is 11.8. The lowest BCUT2D eigenvalue weighted by Gasteiger charge is -2.25. The predicted octanol–water partition coefficient (Wildman–Crippen LogP) is 7.20. The second-order valence-corrected chi connectivity index (χ2v) is 18.0. The van der Waals surface area contributed by atoms with Crippen molar-refractivity contribution in [2.45, 2.75) is 156 Å². The summed E-state index contributed by atoms with van der Waals surface area (Å²) in [5.41, 5.74) is 30.3. The van der Waals surface area contributed by atoms with Crippen LogP contribution in [0.3, 0.4) is 0 Å². The highest BCUT2D eigenvalue weighted by atomic mass is 16.4. The number of ketones is 5. The third-order valence-corrected chi connectivity index (χ3v) is 12.4. The Morgan fingerprint density at radius 1 is 0.540 bits per heavy atom. The molecule has 0 spiro atoms. The SMILES string of the molecule is CC(=O)C1CCC(CN)CC1.CC(=O)C1CCC(N)CC1.CC(=O)CC1CCC(N)CC1.CC(=O)CC1CCNCC1.CC(=O)c1ccc(CN)cc1.Nc1ccc(C(=O)O)cc1. The number of nitrogens with one attached hydrogen (secondary N) is 1. The average Bonchev–Trinajstić information content (AvgIpc) is 3.26. The van der Waals surface area contributed by atoms with Gasteiger partial charge in [0.1, 0.15) is 23.1 Å². The van der Waals surface area contributed by atoms with Crippen molar-refractivity contribution in [1.29, 1.82) is 0 Å². The molecule has 0 unspecified atom stereocenters. The third-order valence-electron chi connectivity index (χ3n) is 12.4. The normalized spacial score (nSPS) is 22.9. The number of aromatic carboxylic acids is 1. The maximum Gasteiger partial charge on any atom is 0.335 e. The van der Waals surface area contributed by atoms with E-state index in [1.807, 2.05) is 12.1 Å². The van der Waals surface area contributed by atoms with Crippen molar-refractivity contribution in [1.82, 2.24) is 5.32 Å². The lowest BCUT2D eigenvalue weighted by Crippen LogP contribution is -2.28. The molecule has 4 fully saturated rings. The number of carboxylic acid groups (broad SMARTS) is 1. The predicted molar refractivity (Wildman–Crippen MR) is 254 cm³/mol. The van der Waals surface area contributed by atoms with Gasteiger partial charge in [0.2, 0.25) is 0 Å². The third kappa shape index (κ3) is 26.9. The molecule has 1 aliphatic heterocycles. The molecule has 3 aliphatic carbocycles. The molecule has 2 aromatic carbocycles. The minimum atomic E-state index is -0.931. The second kappa shape index (κ2) is 32.5. The van der Waals surface area contributed by atoms with E-state index in [9.17, 15) is 28.8 Å². The second-order valence-electron chi connectivity index (χ2n) is 18.0. The van der Waals surface area contributed by atoms with Gasteiger partial charge >= 0.3 is 5.97 Å². The maximum absolute atomic E-state index is 11.0. The first-order chi connectivity index (χ1) is 29.8. The van der Waals surface area contributed by atoms with Crippen LogP contribution in [0.1, 0.15) is 164 Å². The molecule has 0 atom stereocenters. The zero-order valence-electron chi connectivity index (χ0n) is 39.1. The van der Waals surface area contributed by atoms with Crippen molar-refractivity contribution < 1.29 is 33.9 Å². The number of piperidine rings is 1. The molecular weight excluding hydrogens is 797 g/mol. The summed E-state index contributed by atoms with van der Waals surface area (Å²) in [6, 6.07) is 14.2. The summed E-state index contributed by atoms with van der Waals surface area (Å²) in [7, 11) is 0. The van der Waals surface area contributed by atoms with Crippen LogP contribution >= 0.6 is 0 Å². The van der Waals surface area contributed by atoms with E-state index in [0.717, 1.165) is 121 Å². The van der Waals surface area contributed by atoms with Crippen LogP contribution in [0.2, 0.25) is 0 Å². The molecule has 0 aromatic heterocycles. The van der Waals surface area contributed by atoms with E-state index in [-0.39, 0.29) is 11.3 Å². The number of benzene rings is 2. The summed E-state index contributed by atoms with van der Waals surface area (Å²) >= 11 is 0. The Hall–Kier alpha value is -4.14. The van der Waals surface area contributed by atoms with Gasteiger partial charge < -0.3 is 48.7 Å². The largest absolute Gasteiger partial charge is 0.478 e. The van der Waals surface area contributed by atoms with E-state index in [1.165, 1.54) is 25.0 Å². The van der Waals surface area contributed by atoms with Crippen molar-refractivity contribution in [3.63, 3.8) is 0 Å². The van der Waals surface area contributed by atoms with E-state index in [1.54, 1.807) is 58.9 Å². The van der Waals surface area contributed by atoms with Crippen LogP contribution in [0.15, 0.2) is 48.5 Å². The molecule has 1 heterocycles. The highest BCUT2D eigenvalue weighted by molar-refractivity contribution is 5.94. The first-order valence-corrected chi connectivity index (χ1v) is 23.1. The van der Waals surface area contributed by atoms with Crippen LogP contribution in [-0.4, -0.2) is 71.7 Å². The van der Waals surface area contributed by atoms with Crippen molar-refractivity contribution in [3.8, 4) is 0 Å². The molecule has 354 valence electrons. The number of rotatable bonds is 10. The molecule has 13 heteroatoms. The summed E-state index contributed by atoms with van der Waals surface area (Å²) < 4.78 is 0. The zero-order valence-corrected chi connectivity index (χ0v) is 39.1. The molecule has 3 saturated carbocycles. The minimum Gasteiger partial charge on any atom is -0.478 e. The fourth-order valence-electron chi connectivity index (χ4n) is 8.12. The zero-order chi connectivity index (χ0) is 47.3. The fraction of sp³-hybridized carbons (Fsp3) is 0.640. The number of hydrogen-bond donors (Lipinski definition) is 7. The molecule has 0 radical (unpaired) electrons. The monoisotopic (exact) mass is 879 g/mol. The molecule has 6 rings (SSSR count). The number of carboxylic acids is 1. The van der Waals surface area contributed by atoms with Crippen LogP contribution in [-0.2, 0) is 25.7 Å². The molecule has 13 nitrogen and oxygen atoms in total. The molecule has 63 heavy (non-hydrogen) atoms. The van der Waals surface area contributed by atoms with E-state index in [0.29, 0.717) is 77.0 Å². The van der Waals surface area contributed by atoms with Crippen LogP contribution in [0.4, 0.5) is 5.69 Å². The first kappa shape index (κ1) is 56.9. The van der Waals surface area contributed by atoms with Gasteiger partial charge in [-0.15, -0.1) is 0 Å². The number of carbonyl (C=O) groups excluding carboxylic acids is 5. The molecule has 1 saturated heterocycles. The molecular formula is C50H82N6O7. The van der Waals surface area contributed by atoms with E-state index < -0.39 is 5.97 Å². The molecule has 0 bridgehead atoms. The van der Waals surface area contributed by atoms with Gasteiger partial charge in [0.05, 0.1) is 5.56 Å². The topological polar surface area (TPSA) is 265 Å². The average molecular weight is 879 g/mol. The van der Waals surface area contributed by atoms with Gasteiger partial charge in [0, 0.05) is 54.6 Å². The number of carbonyl (C=O) groups is 6. The van der Waals surface area contributed by atoms with E-state index in [2.05, 4.69) is 5.32 Å². The maximum atomic E-state index is 11.0. The Morgan fingerprint density at radius 2 is 0.921 bits per heavy atom. The van der Waals surface area contributed by atoms with Crippen LogP contribution in [0, 0.1) is 29.6 Å². The summed E-state index contributed by atoms with van der Waals surface area (Å²) in [5.74, 6) is 3.17. The summed E-state index contributed by atoms with van der Waals surface area (Å²) in [6.07, 6.45) is 17.0. The Bertz CT molecular complexity index is 1620. The van der Waals surface area contributed by atoms with Crippen molar-refractivity contribution in [2.75, 3.05) is 25.4 Å². The van der Waals surface area contributed by atoms with Gasteiger partial charge in [-0.2, -0.15) is 0 Å². The van der Waals surface area contributed by atoms with Gasteiger partial charge in [-0.05, 0) is 192 Å². The van der Waals surface area contributed by atoms with Gasteiger partial charge in [0.25, 0.3) is 0 Å². The number of nitrogens with two attached hydrogens (primary N) is 5. The summed E-state index contributed by atoms with van der Waals surface area (Å²) in [5, 5.41) is 11.7. The fourth-order valence-corrected chi connectivity index (χ4v) is 8.12.